The molecule has 1 aliphatic carbocycles. The van der Waals surface area contributed by atoms with E-state index in [2.05, 4.69) is 22.3 Å². The van der Waals surface area contributed by atoms with Gasteiger partial charge in [-0.3, -0.25) is 9.69 Å². The number of carbonyl (C=O) groups excluding carboxylic acids is 1. The van der Waals surface area contributed by atoms with E-state index in [0.29, 0.717) is 13.0 Å². The number of hydrogen-bond acceptors (Lipinski definition) is 2. The second kappa shape index (κ2) is 8.19. The topological polar surface area (TPSA) is 32.3 Å². The molecule has 154 valence electrons. The highest BCUT2D eigenvalue weighted by Gasteiger charge is 2.47. The standard InChI is InChI=1S/C23H25F3N2O/c24-23(25,26)20-11-5-4-10-17(20)18-14-19(18)22(29)27-15-21(28-12-6-7-13-28)16-8-2-1-3-9-16/h1-5,8-11,18-19,21H,6-7,12-15H2,(H,27,29). The van der Waals surface area contributed by atoms with E-state index in [1.54, 1.807) is 6.07 Å². The van der Waals surface area contributed by atoms with Crippen LogP contribution in [0.4, 0.5) is 13.2 Å². The predicted octanol–water partition coefficient (Wildman–Crippen LogP) is 4.76. The number of carbonyl (C=O) groups is 1. The highest BCUT2D eigenvalue weighted by Crippen LogP contribution is 2.51. The number of nitrogens with one attached hydrogen (secondary N) is 1. The lowest BCUT2D eigenvalue weighted by atomic mass is 10.0. The molecule has 1 aliphatic heterocycles. The van der Waals surface area contributed by atoms with Gasteiger partial charge in [0, 0.05) is 12.5 Å². The van der Waals surface area contributed by atoms with Crippen LogP contribution in [-0.2, 0) is 11.0 Å². The lowest BCUT2D eigenvalue weighted by Crippen LogP contribution is -2.37. The third-order valence-corrected chi connectivity index (χ3v) is 6.03. The summed E-state index contributed by atoms with van der Waals surface area (Å²) in [6, 6.07) is 15.8. The summed E-state index contributed by atoms with van der Waals surface area (Å²) in [7, 11) is 0. The Kier molecular flexibility index (Phi) is 5.63. The molecule has 1 N–H and O–H groups in total. The van der Waals surface area contributed by atoms with Gasteiger partial charge in [-0.1, -0.05) is 48.5 Å². The third-order valence-electron chi connectivity index (χ3n) is 6.03. The molecule has 3 nitrogen and oxygen atoms in total. The summed E-state index contributed by atoms with van der Waals surface area (Å²) in [5.41, 5.74) is 0.767. The summed E-state index contributed by atoms with van der Waals surface area (Å²) in [4.78, 5) is 15.1. The van der Waals surface area contributed by atoms with Gasteiger partial charge in [0.2, 0.25) is 5.91 Å². The van der Waals surface area contributed by atoms with Crippen molar-refractivity contribution in [2.45, 2.75) is 37.4 Å². The first-order valence-electron chi connectivity index (χ1n) is 10.2. The molecule has 0 aromatic heterocycles. The maximum Gasteiger partial charge on any atom is 0.416 e. The van der Waals surface area contributed by atoms with Gasteiger partial charge in [0.15, 0.2) is 0 Å². The van der Waals surface area contributed by atoms with Crippen LogP contribution < -0.4 is 5.32 Å². The number of hydrogen-bond donors (Lipinski definition) is 1. The fourth-order valence-electron chi connectivity index (χ4n) is 4.42. The van der Waals surface area contributed by atoms with Crippen LogP contribution in [0.25, 0.3) is 0 Å². The zero-order valence-electron chi connectivity index (χ0n) is 16.2. The number of likely N-dealkylation sites (tertiary alicyclic amines) is 1. The molecule has 1 heterocycles. The van der Waals surface area contributed by atoms with E-state index in [1.807, 2.05) is 18.2 Å². The van der Waals surface area contributed by atoms with Crippen molar-refractivity contribution in [3.05, 3.63) is 71.3 Å². The number of halogens is 3. The molecule has 2 fully saturated rings. The quantitative estimate of drug-likeness (QED) is 0.756. The first kappa shape index (κ1) is 20.0. The van der Waals surface area contributed by atoms with Crippen molar-refractivity contribution in [1.29, 1.82) is 0 Å². The maximum absolute atomic E-state index is 13.3. The Morgan fingerprint density at radius 3 is 2.38 bits per heavy atom. The molecule has 0 radical (unpaired) electrons. The van der Waals surface area contributed by atoms with Gasteiger partial charge in [-0.25, -0.2) is 0 Å². The molecule has 29 heavy (non-hydrogen) atoms. The van der Waals surface area contributed by atoms with Crippen molar-refractivity contribution < 1.29 is 18.0 Å². The molecular formula is C23H25F3N2O. The average molecular weight is 402 g/mol. The van der Waals surface area contributed by atoms with Gasteiger partial charge in [0.25, 0.3) is 0 Å². The second-order valence-electron chi connectivity index (χ2n) is 7.95. The molecule has 2 aromatic rings. The van der Waals surface area contributed by atoms with Crippen LogP contribution in [0.15, 0.2) is 54.6 Å². The van der Waals surface area contributed by atoms with E-state index in [-0.39, 0.29) is 29.3 Å². The van der Waals surface area contributed by atoms with Crippen LogP contribution in [0, 0.1) is 5.92 Å². The van der Waals surface area contributed by atoms with Gasteiger partial charge in [-0.05, 0) is 55.5 Å². The molecule has 0 bridgehead atoms. The van der Waals surface area contributed by atoms with E-state index >= 15 is 0 Å². The van der Waals surface area contributed by atoms with Crippen LogP contribution >= 0.6 is 0 Å². The molecule has 4 rings (SSSR count). The van der Waals surface area contributed by atoms with E-state index in [9.17, 15) is 18.0 Å². The molecule has 1 saturated heterocycles. The first-order valence-corrected chi connectivity index (χ1v) is 10.2. The lowest BCUT2D eigenvalue weighted by Gasteiger charge is -2.28. The Bertz CT molecular complexity index is 847. The molecular weight excluding hydrogens is 377 g/mol. The highest BCUT2D eigenvalue weighted by molar-refractivity contribution is 5.83. The normalized spacial score (nSPS) is 23.0. The van der Waals surface area contributed by atoms with Crippen molar-refractivity contribution >= 4 is 5.91 Å². The zero-order valence-corrected chi connectivity index (χ0v) is 16.2. The van der Waals surface area contributed by atoms with E-state index in [1.165, 1.54) is 12.1 Å². The van der Waals surface area contributed by atoms with Crippen molar-refractivity contribution in [3.8, 4) is 0 Å². The fraction of sp³-hybridized carbons (Fsp3) is 0.435. The van der Waals surface area contributed by atoms with E-state index < -0.39 is 11.7 Å². The van der Waals surface area contributed by atoms with Crippen LogP contribution in [-0.4, -0.2) is 30.4 Å². The van der Waals surface area contributed by atoms with Crippen LogP contribution in [0.3, 0.4) is 0 Å². The van der Waals surface area contributed by atoms with Crippen LogP contribution in [0.2, 0.25) is 0 Å². The lowest BCUT2D eigenvalue weighted by molar-refractivity contribution is -0.138. The molecule has 3 unspecified atom stereocenters. The fourth-order valence-corrected chi connectivity index (χ4v) is 4.42. The molecule has 2 aromatic carbocycles. The van der Waals surface area contributed by atoms with Crippen molar-refractivity contribution in [1.82, 2.24) is 10.2 Å². The number of amides is 1. The molecule has 6 heteroatoms. The van der Waals surface area contributed by atoms with Gasteiger partial charge in [0.05, 0.1) is 11.6 Å². The van der Waals surface area contributed by atoms with Gasteiger partial charge >= 0.3 is 6.18 Å². The largest absolute Gasteiger partial charge is 0.416 e. The molecule has 3 atom stereocenters. The Balaban J connectivity index is 1.41. The molecule has 1 amide bonds. The SMILES string of the molecule is O=C(NCC(c1ccccc1)N1CCCC1)C1CC1c1ccccc1C(F)(F)F. The van der Waals surface area contributed by atoms with Crippen molar-refractivity contribution in [2.24, 2.45) is 5.92 Å². The van der Waals surface area contributed by atoms with Gasteiger partial charge < -0.3 is 5.32 Å². The Morgan fingerprint density at radius 2 is 1.69 bits per heavy atom. The Hall–Kier alpha value is -2.34. The summed E-state index contributed by atoms with van der Waals surface area (Å²) >= 11 is 0. The minimum atomic E-state index is -4.39. The summed E-state index contributed by atoms with van der Waals surface area (Å²) in [5, 5.41) is 3.02. The molecule has 2 aliphatic rings. The molecule has 1 saturated carbocycles. The predicted molar refractivity (Wildman–Crippen MR) is 105 cm³/mol. The monoisotopic (exact) mass is 402 g/mol. The highest BCUT2D eigenvalue weighted by atomic mass is 19.4. The summed E-state index contributed by atoms with van der Waals surface area (Å²) in [6.45, 7) is 2.48. The third kappa shape index (κ3) is 4.47. The smallest absolute Gasteiger partial charge is 0.354 e. The number of rotatable bonds is 6. The Labute approximate surface area is 168 Å². The summed E-state index contributed by atoms with van der Waals surface area (Å²) in [6.07, 6.45) is -1.63. The van der Waals surface area contributed by atoms with Crippen molar-refractivity contribution in [3.63, 3.8) is 0 Å². The van der Waals surface area contributed by atoms with Gasteiger partial charge in [-0.15, -0.1) is 0 Å². The number of benzene rings is 2. The van der Waals surface area contributed by atoms with Gasteiger partial charge in [-0.2, -0.15) is 13.2 Å². The zero-order chi connectivity index (χ0) is 20.4. The molecule has 0 spiro atoms. The van der Waals surface area contributed by atoms with Crippen molar-refractivity contribution in [2.75, 3.05) is 19.6 Å². The number of alkyl halides is 3. The van der Waals surface area contributed by atoms with Crippen LogP contribution in [0.5, 0.6) is 0 Å². The van der Waals surface area contributed by atoms with E-state index in [4.69, 9.17) is 0 Å². The van der Waals surface area contributed by atoms with Gasteiger partial charge in [0.1, 0.15) is 0 Å². The average Bonchev–Trinajstić information content (AvgIpc) is 3.34. The minimum Gasteiger partial charge on any atom is -0.354 e. The summed E-state index contributed by atoms with van der Waals surface area (Å²) in [5.74, 6) is -0.879. The minimum absolute atomic E-state index is 0.0994. The van der Waals surface area contributed by atoms with E-state index in [0.717, 1.165) is 37.6 Å². The van der Waals surface area contributed by atoms with Crippen LogP contribution in [0.1, 0.15) is 47.9 Å². The first-order chi connectivity index (χ1) is 13.9. The maximum atomic E-state index is 13.3. The number of nitrogens with zero attached hydrogens (tertiary/aromatic N) is 1. The summed E-state index contributed by atoms with van der Waals surface area (Å²) < 4.78 is 39.8. The second-order valence-corrected chi connectivity index (χ2v) is 7.95. The Morgan fingerprint density at radius 1 is 1.03 bits per heavy atom.